The highest BCUT2D eigenvalue weighted by Gasteiger charge is 2.14. The van der Waals surface area contributed by atoms with E-state index in [0.29, 0.717) is 46.4 Å². The molecule has 0 aliphatic rings. The average molecular weight is 501 g/mol. The zero-order valence-electron chi connectivity index (χ0n) is 18.5. The van der Waals surface area contributed by atoms with Gasteiger partial charge in [0.1, 0.15) is 5.75 Å². The summed E-state index contributed by atoms with van der Waals surface area (Å²) in [6.45, 7) is 4.60. The van der Waals surface area contributed by atoms with E-state index in [4.69, 9.17) is 37.4 Å². The highest BCUT2D eigenvalue weighted by atomic mass is 35.5. The average Bonchev–Trinajstić information content (AvgIpc) is 2.83. The van der Waals surface area contributed by atoms with Crippen LogP contribution in [0.2, 0.25) is 10.0 Å². The molecule has 34 heavy (non-hydrogen) atoms. The molecule has 0 atom stereocenters. The Labute approximate surface area is 207 Å². The number of halogens is 2. The molecule has 3 rings (SSSR count). The summed E-state index contributed by atoms with van der Waals surface area (Å²) in [5.74, 6) is 0.322. The minimum atomic E-state index is -0.528. The molecule has 7 nitrogen and oxygen atoms in total. The first-order valence-corrected chi connectivity index (χ1v) is 11.2. The lowest BCUT2D eigenvalue weighted by Crippen LogP contribution is -2.17. The Morgan fingerprint density at radius 3 is 2.24 bits per heavy atom. The van der Waals surface area contributed by atoms with Crippen molar-refractivity contribution in [1.82, 2.24) is 5.43 Å². The maximum Gasteiger partial charge on any atom is 0.343 e. The summed E-state index contributed by atoms with van der Waals surface area (Å²) in [5.41, 5.74) is 3.74. The van der Waals surface area contributed by atoms with Crippen LogP contribution in [-0.4, -0.2) is 31.3 Å². The Hall–Kier alpha value is -3.55. The molecule has 3 aromatic carbocycles. The van der Waals surface area contributed by atoms with Gasteiger partial charge >= 0.3 is 5.97 Å². The molecule has 0 saturated carbocycles. The van der Waals surface area contributed by atoms with Crippen molar-refractivity contribution in [3.8, 4) is 17.2 Å². The first kappa shape index (κ1) is 25.1. The number of esters is 1. The Bertz CT molecular complexity index is 1200. The Kier molecular flexibility index (Phi) is 8.90. The number of ether oxygens (including phenoxy) is 3. The van der Waals surface area contributed by atoms with Crippen LogP contribution < -0.4 is 19.6 Å². The van der Waals surface area contributed by atoms with Crippen molar-refractivity contribution >= 4 is 41.3 Å². The van der Waals surface area contributed by atoms with Gasteiger partial charge in [-0.05, 0) is 80.1 Å². The Balaban J connectivity index is 1.68. The van der Waals surface area contributed by atoms with Crippen LogP contribution in [0.4, 0.5) is 0 Å². The summed E-state index contributed by atoms with van der Waals surface area (Å²) in [5, 5.41) is 4.59. The molecule has 0 bridgehead atoms. The van der Waals surface area contributed by atoms with Gasteiger partial charge < -0.3 is 14.2 Å². The fraction of sp³-hybridized carbons (Fsp3) is 0.160. The topological polar surface area (TPSA) is 86.2 Å². The highest BCUT2D eigenvalue weighted by molar-refractivity contribution is 6.42. The fourth-order valence-electron chi connectivity index (χ4n) is 2.84. The number of hydrazone groups is 1. The first-order chi connectivity index (χ1) is 16.4. The number of nitrogens with one attached hydrogen (secondary N) is 1. The number of hydrogen-bond acceptors (Lipinski definition) is 6. The number of amides is 1. The van der Waals surface area contributed by atoms with E-state index in [0.717, 1.165) is 0 Å². The van der Waals surface area contributed by atoms with Crippen molar-refractivity contribution in [3.63, 3.8) is 0 Å². The normalized spacial score (nSPS) is 10.7. The zero-order valence-corrected chi connectivity index (χ0v) is 20.0. The van der Waals surface area contributed by atoms with E-state index < -0.39 is 11.9 Å². The van der Waals surface area contributed by atoms with Crippen molar-refractivity contribution in [2.24, 2.45) is 5.10 Å². The molecule has 0 aromatic heterocycles. The third kappa shape index (κ3) is 6.73. The summed E-state index contributed by atoms with van der Waals surface area (Å²) in [6, 6.07) is 16.1. The quantitative estimate of drug-likeness (QED) is 0.174. The molecule has 9 heteroatoms. The number of carbonyl (C=O) groups is 2. The molecule has 0 unspecified atom stereocenters. The van der Waals surface area contributed by atoms with E-state index in [1.807, 2.05) is 13.8 Å². The van der Waals surface area contributed by atoms with Gasteiger partial charge in [0, 0.05) is 5.56 Å². The SMILES string of the molecule is CCOc1ccc(C(=O)Oc2ccc(/C=N\NC(=O)c3ccc(Cl)c(Cl)c3)cc2OCC)cc1. The molecule has 1 amide bonds. The monoisotopic (exact) mass is 500 g/mol. The van der Waals surface area contributed by atoms with E-state index in [2.05, 4.69) is 10.5 Å². The van der Waals surface area contributed by atoms with Crippen molar-refractivity contribution < 1.29 is 23.8 Å². The van der Waals surface area contributed by atoms with Gasteiger partial charge in [0.25, 0.3) is 5.91 Å². The lowest BCUT2D eigenvalue weighted by Gasteiger charge is -2.11. The van der Waals surface area contributed by atoms with Crippen molar-refractivity contribution in [3.05, 3.63) is 87.4 Å². The zero-order chi connectivity index (χ0) is 24.5. The maximum absolute atomic E-state index is 12.5. The summed E-state index contributed by atoms with van der Waals surface area (Å²) in [7, 11) is 0. The van der Waals surface area contributed by atoms with E-state index in [9.17, 15) is 9.59 Å². The van der Waals surface area contributed by atoms with E-state index >= 15 is 0 Å². The molecule has 0 heterocycles. The van der Waals surface area contributed by atoms with Crippen LogP contribution in [-0.2, 0) is 0 Å². The smallest absolute Gasteiger partial charge is 0.343 e. The molecular formula is C25H22Cl2N2O5. The lowest BCUT2D eigenvalue weighted by atomic mass is 10.2. The van der Waals surface area contributed by atoms with Crippen LogP contribution in [0.15, 0.2) is 65.8 Å². The third-order valence-corrected chi connectivity index (χ3v) is 5.17. The summed E-state index contributed by atoms with van der Waals surface area (Å²) in [6.07, 6.45) is 1.44. The van der Waals surface area contributed by atoms with E-state index in [1.54, 1.807) is 48.5 Å². The predicted molar refractivity (Wildman–Crippen MR) is 132 cm³/mol. The summed E-state index contributed by atoms with van der Waals surface area (Å²) in [4.78, 5) is 24.8. The third-order valence-electron chi connectivity index (χ3n) is 4.43. The minimum Gasteiger partial charge on any atom is -0.494 e. The summed E-state index contributed by atoms with van der Waals surface area (Å²) >= 11 is 11.8. The molecule has 1 N–H and O–H groups in total. The van der Waals surface area contributed by atoms with Gasteiger partial charge in [0.05, 0.1) is 35.0 Å². The molecule has 0 fully saturated rings. The highest BCUT2D eigenvalue weighted by Crippen LogP contribution is 2.29. The second-order valence-corrected chi connectivity index (χ2v) is 7.63. The van der Waals surface area contributed by atoms with Crippen LogP contribution in [0.3, 0.4) is 0 Å². The van der Waals surface area contributed by atoms with Gasteiger partial charge in [-0.3, -0.25) is 4.79 Å². The fourth-order valence-corrected chi connectivity index (χ4v) is 3.14. The van der Waals surface area contributed by atoms with Crippen molar-refractivity contribution in [2.45, 2.75) is 13.8 Å². The molecule has 3 aromatic rings. The number of hydrogen-bond donors (Lipinski definition) is 1. The van der Waals surface area contributed by atoms with Gasteiger partial charge in [-0.25, -0.2) is 10.2 Å². The second kappa shape index (κ2) is 12.1. The predicted octanol–water partition coefficient (Wildman–Crippen LogP) is 5.77. The molecular weight excluding hydrogens is 479 g/mol. The largest absolute Gasteiger partial charge is 0.494 e. The van der Waals surface area contributed by atoms with Crippen molar-refractivity contribution in [2.75, 3.05) is 13.2 Å². The Morgan fingerprint density at radius 1 is 0.853 bits per heavy atom. The minimum absolute atomic E-state index is 0.262. The van der Waals surface area contributed by atoms with Crippen LogP contribution in [0.5, 0.6) is 17.2 Å². The van der Waals surface area contributed by atoms with Gasteiger partial charge in [-0.15, -0.1) is 0 Å². The van der Waals surface area contributed by atoms with Gasteiger partial charge in [-0.1, -0.05) is 23.2 Å². The van der Waals surface area contributed by atoms with E-state index in [1.165, 1.54) is 18.3 Å². The van der Waals surface area contributed by atoms with Crippen LogP contribution >= 0.6 is 23.2 Å². The summed E-state index contributed by atoms with van der Waals surface area (Å²) < 4.78 is 16.5. The Morgan fingerprint density at radius 2 is 1.56 bits per heavy atom. The van der Waals surface area contributed by atoms with Crippen LogP contribution in [0, 0.1) is 0 Å². The lowest BCUT2D eigenvalue weighted by molar-refractivity contribution is 0.0728. The first-order valence-electron chi connectivity index (χ1n) is 10.4. The number of nitrogens with zero attached hydrogens (tertiary/aromatic N) is 1. The van der Waals surface area contributed by atoms with Crippen LogP contribution in [0.25, 0.3) is 0 Å². The standard InChI is InChI=1S/C25H22Cl2N2O5/c1-3-32-19-9-6-17(7-10-19)25(31)34-22-12-5-16(13-23(22)33-4-2)15-28-29-24(30)18-8-11-20(26)21(27)14-18/h5-15H,3-4H2,1-2H3,(H,29,30)/b28-15-. The molecule has 0 spiro atoms. The van der Waals surface area contributed by atoms with Crippen LogP contribution in [0.1, 0.15) is 40.1 Å². The van der Waals surface area contributed by atoms with Gasteiger partial charge in [0.15, 0.2) is 11.5 Å². The molecule has 0 saturated heterocycles. The number of benzene rings is 3. The molecule has 0 aliphatic carbocycles. The van der Waals surface area contributed by atoms with Crippen molar-refractivity contribution in [1.29, 1.82) is 0 Å². The van der Waals surface area contributed by atoms with Gasteiger partial charge in [0.2, 0.25) is 0 Å². The van der Waals surface area contributed by atoms with Gasteiger partial charge in [-0.2, -0.15) is 5.10 Å². The molecule has 0 aliphatic heterocycles. The number of carbonyl (C=O) groups excluding carboxylic acids is 2. The second-order valence-electron chi connectivity index (χ2n) is 6.81. The van der Waals surface area contributed by atoms with E-state index in [-0.39, 0.29) is 10.8 Å². The number of rotatable bonds is 9. The molecule has 176 valence electrons. The molecule has 0 radical (unpaired) electrons. The maximum atomic E-state index is 12.5.